The summed E-state index contributed by atoms with van der Waals surface area (Å²) in [6, 6.07) is 25.8. The maximum absolute atomic E-state index is 13.1. The highest BCUT2D eigenvalue weighted by Crippen LogP contribution is 2.36. The van der Waals surface area contributed by atoms with E-state index in [0.29, 0.717) is 6.42 Å². The average Bonchev–Trinajstić information content (AvgIpc) is 0.775. The van der Waals surface area contributed by atoms with Crippen molar-refractivity contribution >= 4 is 80.5 Å². The molecule has 0 aliphatic heterocycles. The zero-order chi connectivity index (χ0) is 69.7. The van der Waals surface area contributed by atoms with E-state index in [2.05, 4.69) is 34.9 Å². The van der Waals surface area contributed by atoms with Crippen LogP contribution in [0.15, 0.2) is 109 Å². The Morgan fingerprint density at radius 3 is 0.840 bits per heavy atom. The van der Waals surface area contributed by atoms with Crippen molar-refractivity contribution in [1.29, 1.82) is 0 Å². The lowest BCUT2D eigenvalue weighted by Gasteiger charge is -2.21. The number of hydrogen-bond acceptors (Lipinski definition) is 25. The molecular formula is C68H69BrO25. The largest absolute Gasteiger partial charge is 0.508 e. The fraction of sp³-hybridized carbons (Fsp3) is 0.309. The maximum Gasteiger partial charge on any atom is 0.347 e. The minimum Gasteiger partial charge on any atom is -0.508 e. The van der Waals surface area contributed by atoms with Crippen molar-refractivity contribution in [2.45, 2.75) is 89.5 Å². The third-order valence-corrected chi connectivity index (χ3v) is 14.3. The molecule has 26 heteroatoms. The smallest absolute Gasteiger partial charge is 0.347 e. The molecule has 0 spiro atoms. The maximum atomic E-state index is 13.1. The number of fused-ring (bicyclic) bond motifs is 6. The van der Waals surface area contributed by atoms with Crippen LogP contribution in [0.2, 0.25) is 0 Å². The second-order valence-corrected chi connectivity index (χ2v) is 21.8. The first-order valence-electron chi connectivity index (χ1n) is 28.8. The van der Waals surface area contributed by atoms with Crippen LogP contribution < -0.4 is 18.9 Å². The number of alkyl halides is 1. The van der Waals surface area contributed by atoms with Crippen molar-refractivity contribution in [3.05, 3.63) is 176 Å². The fourth-order valence-electron chi connectivity index (χ4n) is 9.16. The molecule has 0 heterocycles. The third-order valence-electron chi connectivity index (χ3n) is 13.9. The number of benzene rings is 6. The molecule has 6 aromatic carbocycles. The Kier molecular flexibility index (Phi) is 27.8. The molecule has 5 N–H and O–H groups in total. The molecule has 0 saturated carbocycles. The normalized spacial score (nSPS) is 13.5. The van der Waals surface area contributed by atoms with Crippen LogP contribution in [-0.2, 0) is 47.7 Å². The van der Waals surface area contributed by atoms with Crippen LogP contribution in [0.25, 0.3) is 0 Å². The van der Waals surface area contributed by atoms with Gasteiger partial charge in [0.2, 0.25) is 0 Å². The van der Waals surface area contributed by atoms with Crippen molar-refractivity contribution in [3.8, 4) is 34.5 Å². The Morgan fingerprint density at radius 2 is 0.596 bits per heavy atom. The average molecular weight is 1370 g/mol. The van der Waals surface area contributed by atoms with E-state index in [1.807, 2.05) is 0 Å². The Balaban J connectivity index is 0.000000247. The van der Waals surface area contributed by atoms with Crippen LogP contribution in [0.4, 0.5) is 0 Å². The molecule has 0 bridgehead atoms. The Labute approximate surface area is 547 Å². The van der Waals surface area contributed by atoms with Crippen LogP contribution in [0.5, 0.6) is 34.5 Å². The summed E-state index contributed by atoms with van der Waals surface area (Å²) in [5.41, 5.74) is 2.41. The van der Waals surface area contributed by atoms with E-state index in [9.17, 15) is 63.0 Å². The number of rotatable bonds is 19. The number of methoxy groups -OCH3 is 4. The molecule has 5 atom stereocenters. The van der Waals surface area contributed by atoms with Gasteiger partial charge in [-0.05, 0) is 163 Å². The van der Waals surface area contributed by atoms with Crippen molar-refractivity contribution in [3.63, 3.8) is 0 Å². The van der Waals surface area contributed by atoms with Gasteiger partial charge in [-0.1, -0.05) is 22.4 Å². The highest BCUT2D eigenvalue weighted by Gasteiger charge is 2.34. The summed E-state index contributed by atoms with van der Waals surface area (Å²) in [5, 5.41) is 41.8. The zero-order valence-corrected chi connectivity index (χ0v) is 54.1. The molecule has 25 nitrogen and oxygen atoms in total. The summed E-state index contributed by atoms with van der Waals surface area (Å²) < 4.78 is 45.6. The van der Waals surface area contributed by atoms with Gasteiger partial charge in [-0.3, -0.25) is 33.6 Å². The number of aliphatic hydroxyl groups is 3. The van der Waals surface area contributed by atoms with Crippen LogP contribution in [0, 0.1) is 0 Å². The van der Waals surface area contributed by atoms with E-state index >= 15 is 0 Å². The molecule has 498 valence electrons. The first kappa shape index (κ1) is 74.6. The molecule has 3 aliphatic rings. The number of phenolic OH excluding ortho intramolecular Hbond substituents is 2. The molecule has 0 saturated heterocycles. The number of hydrogen-bond donors (Lipinski definition) is 5. The monoisotopic (exact) mass is 1360 g/mol. The van der Waals surface area contributed by atoms with Gasteiger partial charge in [0.05, 0.1) is 35.0 Å². The lowest BCUT2D eigenvalue weighted by Crippen LogP contribution is -2.27. The molecule has 0 aromatic heterocycles. The van der Waals surface area contributed by atoms with E-state index in [1.165, 1.54) is 158 Å². The fourth-order valence-corrected chi connectivity index (χ4v) is 9.35. The van der Waals surface area contributed by atoms with Gasteiger partial charge in [0.15, 0.2) is 59.1 Å². The molecular weight excluding hydrogens is 1300 g/mol. The van der Waals surface area contributed by atoms with E-state index < -0.39 is 55.1 Å². The highest BCUT2D eigenvalue weighted by atomic mass is 79.9. The van der Waals surface area contributed by atoms with E-state index in [-0.39, 0.29) is 160 Å². The standard InChI is InChI=1S/C27H30O9.C22H20O8.C14H8O4.C4H7BrO2.CH4O2/c1-16(26(31)33-3)35-18-8-10-20-22(14-18)24(29)21-11-9-19(15-23(21)25(20)30)36-17(2)27(32)34-13-7-5-4-6-12-28;1-11(21(25)27-3)29-13-5-7-15-17(9-13)19(23)16-8-6-14(10-18(16)20(15)24)30-12(2)22(26)28-4;15-7-1-3-9-11(5-7)14(18)10-4-2-8(16)6-12(10)13(9)17;1-3(5)4(6)7-2;2-1-3/h8-11,14-17,28H,4-7,12-13H2,1-3H3;5-12H,1-4H3;1-6,15-16H;3H,1-2H3;2-3H,1H2. The molecule has 5 unspecified atom stereocenters. The second kappa shape index (κ2) is 35.0. The number of ketones is 6. The van der Waals surface area contributed by atoms with Gasteiger partial charge in [0, 0.05) is 73.4 Å². The lowest BCUT2D eigenvalue weighted by molar-refractivity contribution is -0.151. The van der Waals surface area contributed by atoms with Crippen LogP contribution in [0.1, 0.15) is 156 Å². The number of aliphatic hydroxyl groups excluding tert-OH is 2. The molecule has 9 rings (SSSR count). The van der Waals surface area contributed by atoms with Crippen LogP contribution >= 0.6 is 15.9 Å². The molecule has 6 aromatic rings. The number of carbonyl (C=O) groups excluding carboxylic acids is 11. The molecule has 94 heavy (non-hydrogen) atoms. The van der Waals surface area contributed by atoms with Gasteiger partial charge in [-0.15, -0.1) is 0 Å². The quantitative estimate of drug-likeness (QED) is 0.0173. The molecule has 0 fully saturated rings. The van der Waals surface area contributed by atoms with Gasteiger partial charge in [0.25, 0.3) is 0 Å². The number of phenols is 2. The lowest BCUT2D eigenvalue weighted by atomic mass is 9.84. The predicted octanol–water partition coefficient (Wildman–Crippen LogP) is 7.35. The number of aromatic hydroxyl groups is 2. The third kappa shape index (κ3) is 19.0. The Morgan fingerprint density at radius 1 is 0.351 bits per heavy atom. The highest BCUT2D eigenvalue weighted by molar-refractivity contribution is 9.10. The van der Waals surface area contributed by atoms with Crippen molar-refractivity contribution in [2.24, 2.45) is 0 Å². The van der Waals surface area contributed by atoms with Gasteiger partial charge < -0.3 is 68.2 Å². The summed E-state index contributed by atoms with van der Waals surface area (Å²) in [6.07, 6.45) is -0.386. The predicted molar refractivity (Wildman–Crippen MR) is 335 cm³/mol. The first-order chi connectivity index (χ1) is 44.7. The molecule has 3 aliphatic carbocycles. The van der Waals surface area contributed by atoms with Crippen LogP contribution in [-0.4, -0.2) is 168 Å². The minimum absolute atomic E-state index is 0.0582. The topological polar surface area (TPSA) is 372 Å². The van der Waals surface area contributed by atoms with Gasteiger partial charge in [-0.2, -0.15) is 0 Å². The second-order valence-electron chi connectivity index (χ2n) is 20.5. The Hall–Kier alpha value is -10.2. The number of esters is 5. The summed E-state index contributed by atoms with van der Waals surface area (Å²) in [4.78, 5) is 133. The van der Waals surface area contributed by atoms with E-state index in [0.717, 1.165) is 19.3 Å². The van der Waals surface area contributed by atoms with Crippen LogP contribution in [0.3, 0.4) is 0 Å². The minimum atomic E-state index is -0.904. The number of unbranched alkanes of at least 4 members (excludes halogenated alkanes) is 3. The van der Waals surface area contributed by atoms with Crippen molar-refractivity contribution < 1.29 is 121 Å². The molecule has 0 amide bonds. The summed E-state index contributed by atoms with van der Waals surface area (Å²) >= 11 is 3.03. The van der Waals surface area contributed by atoms with Crippen molar-refractivity contribution in [1.82, 2.24) is 0 Å². The van der Waals surface area contributed by atoms with Gasteiger partial charge in [0.1, 0.15) is 46.1 Å². The van der Waals surface area contributed by atoms with Gasteiger partial charge in [-0.25, -0.2) is 19.2 Å². The summed E-state index contributed by atoms with van der Waals surface area (Å²) in [5.74, 6) is -3.61. The first-order valence-corrected chi connectivity index (χ1v) is 29.7. The Bertz CT molecular complexity index is 3690. The summed E-state index contributed by atoms with van der Waals surface area (Å²) in [7, 11) is 5.11. The van der Waals surface area contributed by atoms with Gasteiger partial charge >= 0.3 is 29.8 Å². The van der Waals surface area contributed by atoms with E-state index in [4.69, 9.17) is 39.0 Å². The van der Waals surface area contributed by atoms with E-state index in [1.54, 1.807) is 13.8 Å². The zero-order valence-electron chi connectivity index (χ0n) is 52.5. The molecule has 0 radical (unpaired) electrons. The SMILES string of the molecule is COC(=O)C(C)Br.COC(=O)C(C)Oc1ccc2c(c1)C(=O)c1ccc(OC(C)C(=O)OC)cc1C2=O.COC(=O)C(C)Oc1ccc2c(c1)C(=O)c1ccc(OC(C)C(=O)OCCCCCCO)cc1C2=O.O=C1c2ccc(O)cc2C(=O)c2ccc(O)cc21.OCO. The van der Waals surface area contributed by atoms with Crippen molar-refractivity contribution in [2.75, 3.05) is 48.4 Å². The number of halogens is 1. The number of carbonyl (C=O) groups is 11. The summed E-state index contributed by atoms with van der Waals surface area (Å²) in [6.45, 7) is 7.48. The number of ether oxygens (including phenoxy) is 9.